The van der Waals surface area contributed by atoms with Gasteiger partial charge >= 0.3 is 0 Å². The molecule has 10 rings (SSSR count). The minimum Gasteiger partial charge on any atom is -0.508 e. The van der Waals surface area contributed by atoms with Crippen molar-refractivity contribution in [3.8, 4) is 5.75 Å². The zero-order chi connectivity index (χ0) is 71.1. The van der Waals surface area contributed by atoms with Gasteiger partial charge in [-0.1, -0.05) is 83.1 Å². The van der Waals surface area contributed by atoms with Gasteiger partial charge in [0.05, 0.1) is 22.4 Å². The number of nitrogens with zero attached hydrogens (tertiary/aromatic N) is 5. The van der Waals surface area contributed by atoms with Crippen LogP contribution in [0.1, 0.15) is 167 Å². The number of amides is 4. The lowest BCUT2D eigenvalue weighted by Gasteiger charge is -2.18. The number of Topliss-reactive ketones (excluding diaryl/α,β-unsaturated/α-hetero) is 4. The second kappa shape index (κ2) is 29.5. The van der Waals surface area contributed by atoms with Crippen molar-refractivity contribution >= 4 is 108 Å². The van der Waals surface area contributed by atoms with E-state index in [1.54, 1.807) is 90.6 Å². The number of likely N-dealkylation sites (N-methyl/N-ethyl adjacent to an activating group) is 4. The first-order chi connectivity index (χ1) is 44.7. The van der Waals surface area contributed by atoms with Gasteiger partial charge in [-0.15, -0.1) is 0 Å². The van der Waals surface area contributed by atoms with Crippen LogP contribution in [0.2, 0.25) is 0 Å². The van der Waals surface area contributed by atoms with Gasteiger partial charge in [-0.2, -0.15) is 0 Å². The Morgan fingerprint density at radius 1 is 0.417 bits per heavy atom. The highest BCUT2D eigenvalue weighted by Crippen LogP contribution is 2.29. The molecule has 0 bridgehead atoms. The van der Waals surface area contributed by atoms with Crippen LogP contribution in [0.4, 0.5) is 17.3 Å². The fourth-order valence-electron chi connectivity index (χ4n) is 9.66. The lowest BCUT2D eigenvalue weighted by molar-refractivity contribution is 0.0774. The molecule has 6 heterocycles. The maximum absolute atomic E-state index is 12.5. The first-order valence-corrected chi connectivity index (χ1v) is 31.5. The van der Waals surface area contributed by atoms with E-state index in [-0.39, 0.29) is 52.5 Å². The van der Waals surface area contributed by atoms with E-state index < -0.39 is 21.7 Å². The Bertz CT molecular complexity index is 4400. The van der Waals surface area contributed by atoms with Gasteiger partial charge in [-0.25, -0.2) is 4.98 Å². The molecule has 96 heavy (non-hydrogen) atoms. The number of phenolic OH excluding ortho intramolecular Hbond substituents is 1. The number of carbonyl (C=O) groups excluding carboxylic acids is 8. The highest BCUT2D eigenvalue weighted by Gasteiger charge is 2.29. The number of phenols is 1. The molecule has 11 N–H and O–H groups in total. The maximum Gasteiger partial charge on any atom is 0.272 e. The van der Waals surface area contributed by atoms with Gasteiger partial charge in [-0.05, 0) is 143 Å². The molecule has 4 aromatic carbocycles. The number of anilines is 3. The van der Waals surface area contributed by atoms with Gasteiger partial charge in [0, 0.05) is 112 Å². The third-order valence-corrected chi connectivity index (χ3v) is 15.4. The average Bonchev–Trinajstić information content (AvgIpc) is 1.66. The van der Waals surface area contributed by atoms with Gasteiger partial charge in [0.2, 0.25) is 5.95 Å². The van der Waals surface area contributed by atoms with E-state index in [0.717, 1.165) is 34.8 Å². The van der Waals surface area contributed by atoms with Crippen LogP contribution < -0.4 is 16.4 Å². The molecule has 0 aliphatic rings. The van der Waals surface area contributed by atoms with E-state index in [1.807, 2.05) is 145 Å². The lowest BCUT2D eigenvalue weighted by Crippen LogP contribution is -2.33. The number of imidazole rings is 1. The van der Waals surface area contributed by atoms with Gasteiger partial charge < -0.3 is 65.7 Å². The Hall–Kier alpha value is -10.4. The predicted octanol–water partition coefficient (Wildman–Crippen LogP) is 12.7. The van der Waals surface area contributed by atoms with Gasteiger partial charge in [0.25, 0.3) is 23.6 Å². The molecule has 6 aromatic heterocycles. The maximum atomic E-state index is 12.5. The summed E-state index contributed by atoms with van der Waals surface area (Å²) < 4.78 is 0. The molecule has 4 amide bonds. The second-order valence-corrected chi connectivity index (χ2v) is 28.6. The summed E-state index contributed by atoms with van der Waals surface area (Å²) in [5, 5.41) is 17.3. The number of H-pyrrole nitrogens is 6. The SMILES string of the molecule is CC(C)(C)C(=O)c1cc2cc(C(=O)Nc3ccc(N)cc3)[nH]c2[nH]1.CC(C)(C)C(=O)c1ccc2nc(NC(=O)c3ccc(O)cc3)[nH]c2c1.CN(C)CCN(C)C(=O)c1cc2cc(C(=O)C(C)(C)C)[nH]c2[nH]1.CN(C)CCN(C)C(=O)c1cc2cc(C(=O)C(C)(C)C)ccc2[nH]1. The van der Waals surface area contributed by atoms with E-state index in [1.165, 1.54) is 24.3 Å². The van der Waals surface area contributed by atoms with Crippen LogP contribution in [-0.2, 0) is 0 Å². The molecule has 0 fully saturated rings. The van der Waals surface area contributed by atoms with E-state index in [9.17, 15) is 43.5 Å². The molecular weight excluding hydrogens is 1220 g/mol. The second-order valence-electron chi connectivity index (χ2n) is 28.6. The van der Waals surface area contributed by atoms with Crippen molar-refractivity contribution in [2.75, 3.05) is 84.8 Å². The number of nitrogens with two attached hydrogens (primary N) is 1. The minimum absolute atomic E-state index is 0.0278. The highest BCUT2D eigenvalue weighted by molar-refractivity contribution is 6.09. The Labute approximate surface area is 559 Å². The Kier molecular flexibility index (Phi) is 22.4. The Morgan fingerprint density at radius 2 is 0.833 bits per heavy atom. The van der Waals surface area contributed by atoms with Crippen LogP contribution >= 0.6 is 0 Å². The summed E-state index contributed by atoms with van der Waals surface area (Å²) in [6.45, 7) is 25.6. The molecule has 0 saturated heterocycles. The third kappa shape index (κ3) is 18.9. The fraction of sp³-hybridized carbons (Fsp3) is 0.356. The molecule has 10 aromatic rings. The average molecular weight is 1310 g/mol. The number of aromatic nitrogens is 7. The first-order valence-electron chi connectivity index (χ1n) is 31.5. The molecular formula is C73H92N14O9. The summed E-state index contributed by atoms with van der Waals surface area (Å²) in [4.78, 5) is 129. The van der Waals surface area contributed by atoms with Crippen molar-refractivity contribution in [1.29, 1.82) is 0 Å². The van der Waals surface area contributed by atoms with Crippen molar-refractivity contribution in [3.63, 3.8) is 0 Å². The zero-order valence-corrected chi connectivity index (χ0v) is 58.3. The number of rotatable bonds is 16. The summed E-state index contributed by atoms with van der Waals surface area (Å²) in [7, 11) is 11.5. The lowest BCUT2D eigenvalue weighted by atomic mass is 9.86. The summed E-state index contributed by atoms with van der Waals surface area (Å²) >= 11 is 0. The van der Waals surface area contributed by atoms with Crippen molar-refractivity contribution in [1.82, 2.24) is 54.5 Å². The number of hydrogen-bond donors (Lipinski definition) is 10. The number of benzene rings is 4. The summed E-state index contributed by atoms with van der Waals surface area (Å²) in [5.41, 5.74) is 13.0. The molecule has 0 aliphatic heterocycles. The van der Waals surface area contributed by atoms with E-state index >= 15 is 0 Å². The van der Waals surface area contributed by atoms with Crippen LogP contribution in [0.25, 0.3) is 44.0 Å². The molecule has 0 radical (unpaired) electrons. The molecule has 0 saturated carbocycles. The van der Waals surface area contributed by atoms with Gasteiger partial charge in [-0.3, -0.25) is 43.7 Å². The standard InChI is InChI=1S/C19H19N3O3.C19H27N3O2.C18H20N4O2.C17H26N4O2/c1-19(2,3)16(24)12-6-9-14-15(10-12)21-18(20-14)22-17(25)11-4-7-13(23)8-5-11;1-19(2,3)17(23)13-7-8-15-14(11-13)12-16(20-15)18(24)22(6)10-9-21(4)5;1-18(2,3)15(23)13-8-10-9-14(22-16(10)21-13)17(24)20-12-6-4-11(19)5-7-12;1-17(2,3)14(22)12-9-11-10-13(19-15(11)18-12)16(23)21(6)8-7-20(4)5/h4-10,23H,1-3H3,(H2,20,21,22,25);7-8,11-12,20H,9-10H2,1-6H3;4-9,21-22H,19H2,1-3H3,(H,20,24);9-10,18-19H,7-8H2,1-6H3. The predicted molar refractivity (Wildman–Crippen MR) is 381 cm³/mol. The number of carbonyl (C=O) groups is 8. The zero-order valence-electron chi connectivity index (χ0n) is 58.3. The molecule has 0 spiro atoms. The number of nitrogens with one attached hydrogen (secondary N) is 8. The highest BCUT2D eigenvalue weighted by atomic mass is 16.3. The van der Waals surface area contributed by atoms with E-state index in [0.29, 0.717) is 97.9 Å². The number of hydrogen-bond acceptors (Lipinski definition) is 13. The largest absolute Gasteiger partial charge is 0.508 e. The van der Waals surface area contributed by atoms with Gasteiger partial charge in [0.1, 0.15) is 34.1 Å². The van der Waals surface area contributed by atoms with Crippen molar-refractivity contribution < 1.29 is 43.5 Å². The quantitative estimate of drug-likeness (QED) is 0.0318. The van der Waals surface area contributed by atoms with Gasteiger partial charge in [0.15, 0.2) is 23.1 Å². The number of aromatic hydroxyl groups is 1. The first kappa shape index (κ1) is 73.0. The third-order valence-electron chi connectivity index (χ3n) is 15.4. The Balaban J connectivity index is 0.000000181. The van der Waals surface area contributed by atoms with Crippen LogP contribution in [-0.4, -0.2) is 175 Å². The Morgan fingerprint density at radius 3 is 1.31 bits per heavy atom. The van der Waals surface area contributed by atoms with Crippen molar-refractivity contribution in [2.45, 2.75) is 83.1 Å². The van der Waals surface area contributed by atoms with Crippen LogP contribution in [0, 0.1) is 21.7 Å². The number of fused-ring (bicyclic) bond motifs is 4. The molecule has 23 heteroatoms. The van der Waals surface area contributed by atoms with E-state index in [2.05, 4.69) is 45.5 Å². The number of ketones is 4. The van der Waals surface area contributed by atoms with E-state index in [4.69, 9.17) is 5.73 Å². The monoisotopic (exact) mass is 1310 g/mol. The molecule has 508 valence electrons. The molecule has 0 aliphatic carbocycles. The summed E-state index contributed by atoms with van der Waals surface area (Å²) in [5.74, 6) is -0.0851. The minimum atomic E-state index is -0.469. The van der Waals surface area contributed by atoms with Crippen molar-refractivity contribution in [3.05, 3.63) is 160 Å². The number of aromatic amines is 6. The fourth-order valence-corrected chi connectivity index (χ4v) is 9.66. The smallest absolute Gasteiger partial charge is 0.272 e. The molecule has 23 nitrogen and oxygen atoms in total. The number of nitrogen functional groups attached to an aromatic ring is 1. The van der Waals surface area contributed by atoms with Crippen LogP contribution in [0.5, 0.6) is 5.75 Å². The normalized spacial score (nSPS) is 11.8. The van der Waals surface area contributed by atoms with Crippen LogP contribution in [0.15, 0.2) is 115 Å². The summed E-state index contributed by atoms with van der Waals surface area (Å²) in [6.07, 6.45) is 0. The molecule has 0 atom stereocenters. The van der Waals surface area contributed by atoms with Crippen LogP contribution in [0.3, 0.4) is 0 Å². The topological polar surface area (TPSA) is 327 Å². The molecule has 0 unspecified atom stereocenters. The van der Waals surface area contributed by atoms with Crippen molar-refractivity contribution in [2.24, 2.45) is 21.7 Å². The summed E-state index contributed by atoms with van der Waals surface area (Å²) in [6, 6.07) is 32.5.